The summed E-state index contributed by atoms with van der Waals surface area (Å²) in [4.78, 5) is 0. The Kier molecular flexibility index (Phi) is 10.3. The number of hydrogen-bond donors (Lipinski definition) is 0. The monoisotopic (exact) mass is 600 g/mol. The first kappa shape index (κ1) is 30.1. The molecule has 0 aromatic heterocycles. The predicted octanol–water partition coefficient (Wildman–Crippen LogP) is 3.81. The van der Waals surface area contributed by atoms with Gasteiger partial charge in [0, 0.05) is 5.75 Å². The van der Waals surface area contributed by atoms with Crippen LogP contribution in [-0.4, -0.2) is 33.7 Å². The van der Waals surface area contributed by atoms with Crippen LogP contribution in [0.25, 0.3) is 0 Å². The van der Waals surface area contributed by atoms with Crippen LogP contribution in [-0.2, 0) is 30.5 Å². The molecule has 3 aromatic rings. The van der Waals surface area contributed by atoms with Crippen molar-refractivity contribution in [3.05, 3.63) is 84.9 Å². The molecule has 0 amide bonds. The maximum atomic E-state index is 10.7. The van der Waals surface area contributed by atoms with Gasteiger partial charge in [-0.15, -0.1) is 11.3 Å². The summed E-state index contributed by atoms with van der Waals surface area (Å²) in [6.07, 6.45) is 0. The molecular formula is C24H25F3O4PdSSi. The SMILES string of the molecule is COc1ccc[c-]c1[Si](c1ccccc1)(c1ccccc1)C(C)(C)C.O=S(=O)([O-])C(F)(F)F.[Pd+2]. The van der Waals surface area contributed by atoms with Gasteiger partial charge in [-0.2, -0.15) is 31.4 Å². The zero-order chi connectivity index (χ0) is 24.9. The van der Waals surface area contributed by atoms with Crippen molar-refractivity contribution in [3.8, 4) is 5.75 Å². The molecule has 4 nitrogen and oxygen atoms in total. The Morgan fingerprint density at radius 1 is 0.853 bits per heavy atom. The van der Waals surface area contributed by atoms with Gasteiger partial charge >= 0.3 is 25.9 Å². The molecule has 0 aliphatic rings. The molecule has 0 aliphatic heterocycles. The Hall–Kier alpha value is -1.96. The molecule has 0 bridgehead atoms. The van der Waals surface area contributed by atoms with Gasteiger partial charge in [0.15, 0.2) is 10.1 Å². The second-order valence-corrected chi connectivity index (χ2v) is 14.3. The van der Waals surface area contributed by atoms with Crippen LogP contribution in [0.1, 0.15) is 20.8 Å². The Bertz CT molecular complexity index is 1110. The first-order valence-electron chi connectivity index (χ1n) is 9.95. The summed E-state index contributed by atoms with van der Waals surface area (Å²) < 4.78 is 64.7. The van der Waals surface area contributed by atoms with Gasteiger partial charge in [0.2, 0.25) is 0 Å². The molecule has 0 spiro atoms. The van der Waals surface area contributed by atoms with Gasteiger partial charge in [0.1, 0.15) is 8.07 Å². The molecule has 3 aromatic carbocycles. The molecule has 0 aliphatic carbocycles. The molecule has 0 fully saturated rings. The van der Waals surface area contributed by atoms with E-state index < -0.39 is 23.7 Å². The number of alkyl halides is 3. The van der Waals surface area contributed by atoms with Crippen molar-refractivity contribution in [2.75, 3.05) is 7.11 Å². The zero-order valence-electron chi connectivity index (χ0n) is 19.0. The van der Waals surface area contributed by atoms with Crippen molar-refractivity contribution in [3.63, 3.8) is 0 Å². The summed E-state index contributed by atoms with van der Waals surface area (Å²) in [5.74, 6) is 0.928. The van der Waals surface area contributed by atoms with Crippen molar-refractivity contribution >= 4 is 33.8 Å². The van der Waals surface area contributed by atoms with Crippen LogP contribution in [0.5, 0.6) is 5.75 Å². The summed E-state index contributed by atoms with van der Waals surface area (Å²) >= 11 is 0. The van der Waals surface area contributed by atoms with Crippen LogP contribution in [0.3, 0.4) is 0 Å². The average Bonchev–Trinajstić information content (AvgIpc) is 2.74. The second-order valence-electron chi connectivity index (χ2n) is 8.25. The summed E-state index contributed by atoms with van der Waals surface area (Å²) in [7, 11) is -6.71. The molecule has 0 radical (unpaired) electrons. The summed E-state index contributed by atoms with van der Waals surface area (Å²) in [5, 5.41) is 4.02. The van der Waals surface area contributed by atoms with Crippen LogP contribution in [0.15, 0.2) is 78.9 Å². The number of halogens is 3. The van der Waals surface area contributed by atoms with Gasteiger partial charge in [-0.05, 0) is 5.04 Å². The minimum atomic E-state index is -6.09. The minimum Gasteiger partial charge on any atom is -0.741 e. The molecule has 0 heterocycles. The third-order valence-corrected chi connectivity index (χ3v) is 11.6. The maximum Gasteiger partial charge on any atom is 2.00 e. The summed E-state index contributed by atoms with van der Waals surface area (Å²) in [6, 6.07) is 31.4. The van der Waals surface area contributed by atoms with Gasteiger partial charge in [0.05, 0.1) is 7.11 Å². The molecule has 10 heteroatoms. The molecule has 34 heavy (non-hydrogen) atoms. The van der Waals surface area contributed by atoms with E-state index in [4.69, 9.17) is 17.7 Å². The van der Waals surface area contributed by atoms with Gasteiger partial charge in [-0.3, -0.25) is 0 Å². The van der Waals surface area contributed by atoms with E-state index in [9.17, 15) is 13.2 Å². The van der Waals surface area contributed by atoms with E-state index in [1.54, 1.807) is 7.11 Å². The number of benzene rings is 3. The minimum absolute atomic E-state index is 0. The van der Waals surface area contributed by atoms with Gasteiger partial charge in [-0.25, -0.2) is 8.42 Å². The van der Waals surface area contributed by atoms with Crippen molar-refractivity contribution in [1.82, 2.24) is 0 Å². The van der Waals surface area contributed by atoms with Crippen LogP contribution in [0.4, 0.5) is 13.2 Å². The fourth-order valence-corrected chi connectivity index (χ4v) is 9.59. The molecule has 0 atom stereocenters. The van der Waals surface area contributed by atoms with Crippen molar-refractivity contribution in [2.24, 2.45) is 0 Å². The van der Waals surface area contributed by atoms with Crippen molar-refractivity contribution in [2.45, 2.75) is 31.3 Å². The largest absolute Gasteiger partial charge is 2.00 e. The van der Waals surface area contributed by atoms with Crippen LogP contribution in [0.2, 0.25) is 5.04 Å². The molecular weight excluding hydrogens is 576 g/mol. The number of ether oxygens (including phenoxy) is 1. The third kappa shape index (κ3) is 6.37. The molecule has 3 rings (SSSR count). The van der Waals surface area contributed by atoms with Gasteiger partial charge < -0.3 is 9.29 Å². The Labute approximate surface area is 213 Å². The van der Waals surface area contributed by atoms with Crippen LogP contribution in [0, 0.1) is 6.07 Å². The molecule has 0 N–H and O–H groups in total. The molecule has 0 unspecified atom stereocenters. The maximum absolute atomic E-state index is 10.7. The van der Waals surface area contributed by atoms with Crippen molar-refractivity contribution < 1.29 is 51.3 Å². The fourth-order valence-electron chi connectivity index (χ4n) is 3.96. The number of hydrogen-bond acceptors (Lipinski definition) is 4. The quantitative estimate of drug-likeness (QED) is 0.150. The molecule has 0 saturated carbocycles. The van der Waals surface area contributed by atoms with E-state index in [1.165, 1.54) is 15.6 Å². The van der Waals surface area contributed by atoms with E-state index in [1.807, 2.05) is 12.1 Å². The van der Waals surface area contributed by atoms with Crippen LogP contribution >= 0.6 is 0 Å². The Morgan fingerprint density at radius 3 is 1.59 bits per heavy atom. The first-order valence-corrected chi connectivity index (χ1v) is 13.4. The second kappa shape index (κ2) is 11.6. The molecule has 186 valence electrons. The standard InChI is InChI=1S/C23H25OSi.CHF3O3S.Pd/c1-23(2,3)25(19-13-7-5-8-14-19,20-15-9-6-10-16-20)22-18-12-11-17-21(22)24-4;2-1(3,4)8(5,6)7;/h5-17H,1-4H3;(H,5,6,7);/q-1;;+2/p-1. The zero-order valence-corrected chi connectivity index (χ0v) is 22.4. The smallest absolute Gasteiger partial charge is 0.741 e. The van der Waals surface area contributed by atoms with E-state index in [2.05, 4.69) is 93.6 Å². The number of rotatable bonds is 4. The Morgan fingerprint density at radius 2 is 1.26 bits per heavy atom. The van der Waals surface area contributed by atoms with E-state index in [-0.39, 0.29) is 25.5 Å². The van der Waals surface area contributed by atoms with E-state index >= 15 is 0 Å². The first-order chi connectivity index (χ1) is 15.3. The average molecular weight is 601 g/mol. The van der Waals surface area contributed by atoms with Gasteiger partial charge in [-0.1, -0.05) is 91.8 Å². The fraction of sp³-hybridized carbons (Fsp3) is 0.250. The normalized spacial score (nSPS) is 12.1. The van der Waals surface area contributed by atoms with Crippen LogP contribution < -0.4 is 20.3 Å². The van der Waals surface area contributed by atoms with E-state index in [0.29, 0.717) is 0 Å². The van der Waals surface area contributed by atoms with E-state index in [0.717, 1.165) is 5.75 Å². The summed E-state index contributed by atoms with van der Waals surface area (Å²) in [6.45, 7) is 7.04. The Balaban J connectivity index is 0.000000556. The number of methoxy groups -OCH3 is 1. The predicted molar refractivity (Wildman–Crippen MR) is 125 cm³/mol. The summed E-state index contributed by atoms with van der Waals surface area (Å²) in [5.41, 5.74) is -5.65. The van der Waals surface area contributed by atoms with Gasteiger partial charge in [0.25, 0.3) is 0 Å². The topological polar surface area (TPSA) is 66.4 Å². The molecule has 0 saturated heterocycles. The third-order valence-electron chi connectivity index (χ3n) is 5.23. The van der Waals surface area contributed by atoms with Crippen molar-refractivity contribution in [1.29, 1.82) is 0 Å².